The van der Waals surface area contributed by atoms with E-state index < -0.39 is 127 Å². The van der Waals surface area contributed by atoms with Crippen molar-refractivity contribution in [3.05, 3.63) is 72.0 Å². The van der Waals surface area contributed by atoms with Gasteiger partial charge < -0.3 is 68.7 Å². The Morgan fingerprint density at radius 2 is 1.46 bits per heavy atom. The number of nitrogens with one attached hydrogen (secondary N) is 7. The third-order valence-electron chi connectivity index (χ3n) is 11.1. The Labute approximate surface area is 407 Å². The van der Waals surface area contributed by atoms with Gasteiger partial charge in [-0.3, -0.25) is 38.6 Å². The molecule has 7 amide bonds. The number of carboxylic acids is 2. The van der Waals surface area contributed by atoms with Crippen LogP contribution in [0.25, 0.3) is 0 Å². The number of guanidine groups is 1. The number of nitrogens with two attached hydrogens (primary N) is 2. The second kappa shape index (κ2) is 29.7. The molecule has 0 aliphatic carbocycles. The number of aliphatic hydroxyl groups is 1. The molecule has 1 saturated heterocycles. The number of aliphatic carboxylic acids is 2. The Bertz CT molecular complexity index is 2110. The Kier molecular flexibility index (Phi) is 25.0. The number of methoxy groups -OCH3 is 1. The van der Waals surface area contributed by atoms with Gasteiger partial charge in [-0.05, 0) is 50.5 Å². The van der Waals surface area contributed by atoms with E-state index >= 15 is 0 Å². The van der Waals surface area contributed by atoms with E-state index in [9.17, 15) is 58.5 Å². The third kappa shape index (κ3) is 21.0. The molecule has 23 heteroatoms. The van der Waals surface area contributed by atoms with E-state index in [-0.39, 0.29) is 49.7 Å². The van der Waals surface area contributed by atoms with Crippen molar-refractivity contribution >= 4 is 59.2 Å². The minimum Gasteiger partial charge on any atom is -0.480 e. The Hall–Kier alpha value is -7.14. The van der Waals surface area contributed by atoms with Crippen LogP contribution in [0.2, 0.25) is 0 Å². The van der Waals surface area contributed by atoms with E-state index in [1.807, 2.05) is 43.3 Å². The zero-order chi connectivity index (χ0) is 52.7. The summed E-state index contributed by atoms with van der Waals surface area (Å²) in [6.07, 6.45) is 3.45. The van der Waals surface area contributed by atoms with E-state index in [0.717, 1.165) is 5.56 Å². The second-order valence-corrected chi connectivity index (χ2v) is 17.5. The molecule has 0 radical (unpaired) electrons. The standard InChI is InChI=1S/C47H70N10O13/c1-25(2)20-34-43(64)56-35(46(68)69)23-39(60)52-32(14-11-19-50-47(48)49)42(63)53-31(16-15-26(3)21-27(4)37(70-7)22-30-12-9-8-10-13-30)28(5)40(61)54-33(45(66)67)17-18-38(59)51-29(6)41(62)57-36(24-58)44(65)55-34/h8-10,12-13,15-16,21,25,27-28,31-37,58H,6,11,14,17-20,22-24H2,1-5,7H3,(H,51,59)(H,52,60)(H,53,63)(H,54,61)(H,55,65)(H,56,64)(H,57,62)(H,66,67)(H,68,69)(H4,48,49,50)/b16-15+,26-21+/t27-,28-,31-,32-,33+,34-,35+,36+,37-/m0/s1. The number of hydrogen-bond acceptors (Lipinski definition) is 12. The number of carboxylic acid groups (broad SMARTS) is 2. The molecule has 2 rings (SSSR count). The molecule has 9 atom stereocenters. The highest BCUT2D eigenvalue weighted by Gasteiger charge is 2.34. The summed E-state index contributed by atoms with van der Waals surface area (Å²) in [5.41, 5.74) is 12.1. The smallest absolute Gasteiger partial charge is 0.326 e. The molecule has 1 aliphatic rings. The van der Waals surface area contributed by atoms with E-state index in [0.29, 0.717) is 12.0 Å². The van der Waals surface area contributed by atoms with E-state index in [4.69, 9.17) is 16.2 Å². The number of aliphatic hydroxyl groups excluding tert-OH is 1. The number of carbonyl (C=O) groups is 9. The monoisotopic (exact) mass is 983 g/mol. The van der Waals surface area contributed by atoms with Crippen molar-refractivity contribution in [1.29, 1.82) is 0 Å². The molecular weight excluding hydrogens is 913 g/mol. The van der Waals surface area contributed by atoms with Crippen LogP contribution in [0.4, 0.5) is 0 Å². The number of rotatable bonds is 16. The van der Waals surface area contributed by atoms with Gasteiger partial charge in [0.2, 0.25) is 35.4 Å². The normalized spacial score (nSPS) is 24.3. The minimum atomic E-state index is -1.90. The molecule has 1 aromatic rings. The van der Waals surface area contributed by atoms with Crippen LogP contribution < -0.4 is 48.7 Å². The molecule has 70 heavy (non-hydrogen) atoms. The first-order valence-electron chi connectivity index (χ1n) is 22.8. The fourth-order valence-electron chi connectivity index (χ4n) is 7.15. The van der Waals surface area contributed by atoms with Gasteiger partial charge in [-0.15, -0.1) is 0 Å². The van der Waals surface area contributed by atoms with Crippen LogP contribution in [-0.4, -0.2) is 137 Å². The Balaban J connectivity index is 2.67. The van der Waals surface area contributed by atoms with Gasteiger partial charge in [-0.2, -0.15) is 0 Å². The largest absolute Gasteiger partial charge is 0.480 e. The van der Waals surface area contributed by atoms with Crippen molar-refractivity contribution in [1.82, 2.24) is 37.2 Å². The molecule has 23 nitrogen and oxygen atoms in total. The lowest BCUT2D eigenvalue weighted by Gasteiger charge is -2.27. The number of amides is 7. The summed E-state index contributed by atoms with van der Waals surface area (Å²) in [5.74, 6) is -11.9. The third-order valence-corrected chi connectivity index (χ3v) is 11.1. The number of ether oxygens (including phenoxy) is 1. The molecule has 0 unspecified atom stereocenters. The maximum atomic E-state index is 14.2. The van der Waals surface area contributed by atoms with Gasteiger partial charge in [0.05, 0.1) is 36.8 Å². The summed E-state index contributed by atoms with van der Waals surface area (Å²) < 4.78 is 5.79. The van der Waals surface area contributed by atoms with Crippen molar-refractivity contribution in [2.45, 2.75) is 122 Å². The Morgan fingerprint density at radius 1 is 0.843 bits per heavy atom. The summed E-state index contributed by atoms with van der Waals surface area (Å²) in [4.78, 5) is 123. The maximum absolute atomic E-state index is 14.2. The highest BCUT2D eigenvalue weighted by Crippen LogP contribution is 2.18. The summed E-state index contributed by atoms with van der Waals surface area (Å²) >= 11 is 0. The molecule has 1 fully saturated rings. The number of carbonyl (C=O) groups excluding carboxylic acids is 7. The van der Waals surface area contributed by atoms with Crippen LogP contribution in [0.1, 0.15) is 78.7 Å². The van der Waals surface area contributed by atoms with Crippen LogP contribution in [0.15, 0.2) is 71.4 Å². The van der Waals surface area contributed by atoms with Crippen LogP contribution in [0.5, 0.6) is 0 Å². The van der Waals surface area contributed by atoms with E-state index in [1.54, 1.807) is 34.0 Å². The molecule has 1 aliphatic heterocycles. The molecule has 0 saturated carbocycles. The van der Waals surface area contributed by atoms with Gasteiger partial charge in [-0.1, -0.05) is 88.4 Å². The van der Waals surface area contributed by atoms with Crippen LogP contribution >= 0.6 is 0 Å². The fourth-order valence-corrected chi connectivity index (χ4v) is 7.15. The SMILES string of the molecule is C=C1NC(=O)CC[C@H](C(=O)O)NC(=O)[C@@H](C)[C@H](/C=C/C(C)=C/[C@H](C)[C@H](Cc2ccccc2)OC)NC(=O)[C@H](CCCN=C(N)N)NC(=O)C[C@H](C(=O)O)NC(=O)[C@H](CC(C)C)NC(=O)[C@@H](CO)NC1=O. The van der Waals surface area contributed by atoms with Crippen LogP contribution in [0.3, 0.4) is 0 Å². The maximum Gasteiger partial charge on any atom is 0.326 e. The first-order chi connectivity index (χ1) is 32.9. The van der Waals surface area contributed by atoms with Crippen molar-refractivity contribution in [3.63, 3.8) is 0 Å². The molecule has 14 N–H and O–H groups in total. The molecular formula is C47H70N10O13. The molecule has 0 spiro atoms. The number of benzene rings is 1. The van der Waals surface area contributed by atoms with Gasteiger partial charge in [0.1, 0.15) is 30.2 Å². The first-order valence-corrected chi connectivity index (χ1v) is 22.8. The van der Waals surface area contributed by atoms with Crippen molar-refractivity contribution in [3.8, 4) is 0 Å². The first kappa shape index (κ1) is 59.0. The van der Waals surface area contributed by atoms with Gasteiger partial charge in [-0.25, -0.2) is 9.59 Å². The number of hydrogen-bond donors (Lipinski definition) is 12. The van der Waals surface area contributed by atoms with E-state index in [1.165, 1.54) is 13.0 Å². The second-order valence-electron chi connectivity index (χ2n) is 17.5. The topological polar surface area (TPSA) is 372 Å². The quantitative estimate of drug-likeness (QED) is 0.0311. The number of nitrogens with zero attached hydrogens (tertiary/aromatic N) is 1. The van der Waals surface area contributed by atoms with Gasteiger partial charge in [0.25, 0.3) is 5.91 Å². The molecule has 0 aromatic heterocycles. The highest BCUT2D eigenvalue weighted by molar-refractivity contribution is 6.00. The highest BCUT2D eigenvalue weighted by atomic mass is 16.5. The molecule has 386 valence electrons. The summed E-state index contributed by atoms with van der Waals surface area (Å²) in [6.45, 7) is 11.0. The van der Waals surface area contributed by atoms with Crippen molar-refractivity contribution in [2.24, 2.45) is 34.2 Å². The van der Waals surface area contributed by atoms with Crippen molar-refractivity contribution in [2.75, 3.05) is 20.3 Å². The summed E-state index contributed by atoms with van der Waals surface area (Å²) in [5, 5.41) is 46.8. The van der Waals surface area contributed by atoms with Crippen LogP contribution in [0, 0.1) is 17.8 Å². The van der Waals surface area contributed by atoms with Crippen molar-refractivity contribution < 1.29 is 63.2 Å². The lowest BCUT2D eigenvalue weighted by atomic mass is 9.94. The van der Waals surface area contributed by atoms with Gasteiger partial charge in [0.15, 0.2) is 5.96 Å². The summed E-state index contributed by atoms with van der Waals surface area (Å²) in [7, 11) is 1.60. The zero-order valence-electron chi connectivity index (χ0n) is 40.5. The van der Waals surface area contributed by atoms with E-state index in [2.05, 4.69) is 48.8 Å². The predicted octanol–water partition coefficient (Wildman–Crippen LogP) is -0.997. The lowest BCUT2D eigenvalue weighted by Crippen LogP contribution is -2.58. The minimum absolute atomic E-state index is 0.0132. The zero-order valence-corrected chi connectivity index (χ0v) is 40.5. The molecule has 0 bridgehead atoms. The average molecular weight is 983 g/mol. The fraction of sp³-hybridized carbons (Fsp3) is 0.532. The lowest BCUT2D eigenvalue weighted by molar-refractivity contribution is -0.144. The summed E-state index contributed by atoms with van der Waals surface area (Å²) in [6, 6.07) is 0.406. The van der Waals surface area contributed by atoms with Gasteiger partial charge >= 0.3 is 11.9 Å². The van der Waals surface area contributed by atoms with Gasteiger partial charge in [0, 0.05) is 26.0 Å². The molecule has 1 heterocycles. The number of allylic oxidation sites excluding steroid dienone is 2. The van der Waals surface area contributed by atoms with Crippen LogP contribution in [-0.2, 0) is 54.3 Å². The average Bonchev–Trinajstić information content (AvgIpc) is 3.29. The number of aliphatic imine (C=N–C) groups is 1. The predicted molar refractivity (Wildman–Crippen MR) is 257 cm³/mol. The Morgan fingerprint density at radius 3 is 2.04 bits per heavy atom. The molecule has 1 aromatic carbocycles.